The van der Waals surface area contributed by atoms with Crippen LogP contribution in [0.4, 0.5) is 0 Å². The van der Waals surface area contributed by atoms with Crippen LogP contribution in [0, 0.1) is 13.8 Å². The Bertz CT molecular complexity index is 1840. The van der Waals surface area contributed by atoms with E-state index < -0.39 is 0 Å². The van der Waals surface area contributed by atoms with Crippen molar-refractivity contribution in [3.63, 3.8) is 0 Å². The SMILES string of the molecule is Cc1cc2c3c(-c4ccccc4)cccc3n3c4cccc5cc[n+](C)c(c(c1C)c23)c54. The average molecular weight is 412 g/mol. The molecule has 2 heteroatoms. The zero-order chi connectivity index (χ0) is 21.6. The second-order valence-electron chi connectivity index (χ2n) is 9.01. The molecule has 0 radical (unpaired) electrons. The lowest BCUT2D eigenvalue weighted by Gasteiger charge is -2.13. The molecule has 0 amide bonds. The molecule has 152 valence electrons. The molecule has 4 aromatic carbocycles. The Morgan fingerprint density at radius 3 is 2.28 bits per heavy atom. The first-order chi connectivity index (χ1) is 15.6. The van der Waals surface area contributed by atoms with E-state index in [1.807, 2.05) is 0 Å². The minimum atomic E-state index is 1.26. The van der Waals surface area contributed by atoms with Gasteiger partial charge < -0.3 is 4.40 Å². The number of pyridine rings is 2. The Labute approximate surface area is 186 Å². The Kier molecular flexibility index (Phi) is 3.37. The summed E-state index contributed by atoms with van der Waals surface area (Å²) in [5.41, 5.74) is 10.5. The fourth-order valence-corrected chi connectivity index (χ4v) is 5.74. The molecule has 0 aliphatic heterocycles. The van der Waals surface area contributed by atoms with Gasteiger partial charge in [0.15, 0.2) is 6.20 Å². The van der Waals surface area contributed by atoms with Crippen LogP contribution in [0.5, 0.6) is 0 Å². The van der Waals surface area contributed by atoms with Gasteiger partial charge in [0.1, 0.15) is 7.05 Å². The molecule has 0 spiro atoms. The third-order valence-electron chi connectivity index (χ3n) is 7.30. The first kappa shape index (κ1) is 17.7. The van der Waals surface area contributed by atoms with Gasteiger partial charge in [0.2, 0.25) is 5.52 Å². The van der Waals surface area contributed by atoms with Crippen molar-refractivity contribution in [3.05, 3.63) is 96.2 Å². The molecule has 0 saturated heterocycles. The van der Waals surface area contributed by atoms with Gasteiger partial charge in [-0.3, -0.25) is 0 Å². The van der Waals surface area contributed by atoms with Gasteiger partial charge >= 0.3 is 0 Å². The van der Waals surface area contributed by atoms with Gasteiger partial charge in [-0.2, -0.15) is 0 Å². The summed E-state index contributed by atoms with van der Waals surface area (Å²) in [5, 5.41) is 6.66. The Morgan fingerprint density at radius 2 is 1.47 bits per heavy atom. The summed E-state index contributed by atoms with van der Waals surface area (Å²) in [7, 11) is 2.17. The van der Waals surface area contributed by atoms with E-state index in [-0.39, 0.29) is 0 Å². The van der Waals surface area contributed by atoms with Crippen LogP contribution in [0.25, 0.3) is 60.1 Å². The second kappa shape index (κ2) is 6.08. The van der Waals surface area contributed by atoms with Crippen LogP contribution >= 0.6 is 0 Å². The Balaban J connectivity index is 1.89. The predicted octanol–water partition coefficient (Wildman–Crippen LogP) is 7.10. The van der Waals surface area contributed by atoms with Crippen LogP contribution in [0.15, 0.2) is 85.1 Å². The van der Waals surface area contributed by atoms with Crippen molar-refractivity contribution < 1.29 is 4.57 Å². The van der Waals surface area contributed by atoms with Gasteiger partial charge in [0.05, 0.1) is 27.3 Å². The van der Waals surface area contributed by atoms with E-state index in [2.05, 4.69) is 115 Å². The summed E-state index contributed by atoms with van der Waals surface area (Å²) in [6.07, 6.45) is 2.20. The standard InChI is InChI=1S/C30H23N2/c1-18-17-23-28-22(20-9-5-4-6-10-20)12-8-14-25(28)32-24-13-7-11-21-15-16-31(3)30(27(21)24)26(19(18)2)29(23)32/h4-17H,1-3H3/q+1. The normalized spacial score (nSPS) is 12.2. The number of benzene rings is 4. The molecule has 3 heterocycles. The van der Waals surface area contributed by atoms with E-state index >= 15 is 0 Å². The molecule has 0 saturated carbocycles. The molecular formula is C30H23N2+. The topological polar surface area (TPSA) is 8.29 Å². The summed E-state index contributed by atoms with van der Waals surface area (Å²) < 4.78 is 4.81. The molecule has 0 atom stereocenters. The molecule has 2 nitrogen and oxygen atoms in total. The van der Waals surface area contributed by atoms with Gasteiger partial charge in [-0.1, -0.05) is 54.6 Å². The van der Waals surface area contributed by atoms with E-state index in [1.54, 1.807) is 0 Å². The van der Waals surface area contributed by atoms with Crippen LogP contribution in [-0.4, -0.2) is 4.40 Å². The third kappa shape index (κ3) is 2.07. The monoisotopic (exact) mass is 411 g/mol. The number of fused-ring (bicyclic) bond motifs is 5. The summed E-state index contributed by atoms with van der Waals surface area (Å²) in [4.78, 5) is 0. The van der Waals surface area contributed by atoms with Crippen LogP contribution < -0.4 is 4.57 Å². The van der Waals surface area contributed by atoms with E-state index in [9.17, 15) is 0 Å². The van der Waals surface area contributed by atoms with Gasteiger partial charge in [-0.15, -0.1) is 0 Å². The number of hydrogen-bond donors (Lipinski definition) is 0. The molecule has 0 aliphatic rings. The number of rotatable bonds is 1. The maximum atomic E-state index is 2.51. The molecule has 0 unspecified atom stereocenters. The van der Waals surface area contributed by atoms with Crippen LogP contribution in [0.2, 0.25) is 0 Å². The van der Waals surface area contributed by atoms with E-state index in [4.69, 9.17) is 0 Å². The van der Waals surface area contributed by atoms with Crippen molar-refractivity contribution in [2.24, 2.45) is 7.05 Å². The highest BCUT2D eigenvalue weighted by atomic mass is 15.0. The van der Waals surface area contributed by atoms with Crippen LogP contribution in [0.3, 0.4) is 0 Å². The minimum absolute atomic E-state index is 1.26. The van der Waals surface area contributed by atoms with Crippen molar-refractivity contribution >= 4 is 49.0 Å². The molecule has 7 aromatic rings. The highest BCUT2D eigenvalue weighted by molar-refractivity contribution is 6.27. The maximum absolute atomic E-state index is 2.51. The lowest BCUT2D eigenvalue weighted by molar-refractivity contribution is -0.643. The average Bonchev–Trinajstić information content (AvgIpc) is 3.15. The number of nitrogens with zero attached hydrogens (tertiary/aromatic N) is 2. The molecule has 0 N–H and O–H groups in total. The van der Waals surface area contributed by atoms with Gasteiger partial charge in [-0.05, 0) is 59.7 Å². The van der Waals surface area contributed by atoms with Gasteiger partial charge in [0, 0.05) is 16.8 Å². The molecule has 0 bridgehead atoms. The third-order valence-corrected chi connectivity index (χ3v) is 7.30. The van der Waals surface area contributed by atoms with E-state index in [1.165, 1.54) is 71.3 Å². The summed E-state index contributed by atoms with van der Waals surface area (Å²) in [5.74, 6) is 0. The molecule has 7 rings (SSSR count). The number of aromatic nitrogens is 2. The minimum Gasteiger partial charge on any atom is -0.307 e. The Hall–Kier alpha value is -3.91. The van der Waals surface area contributed by atoms with Crippen LogP contribution in [0.1, 0.15) is 11.1 Å². The largest absolute Gasteiger partial charge is 0.307 e. The molecule has 0 aliphatic carbocycles. The van der Waals surface area contributed by atoms with Crippen molar-refractivity contribution in [3.8, 4) is 11.1 Å². The van der Waals surface area contributed by atoms with E-state index in [0.717, 1.165) is 0 Å². The van der Waals surface area contributed by atoms with Crippen molar-refractivity contribution in [2.45, 2.75) is 13.8 Å². The number of aryl methyl sites for hydroxylation is 3. The quantitative estimate of drug-likeness (QED) is 0.155. The smallest absolute Gasteiger partial charge is 0.224 e. The fraction of sp³-hybridized carbons (Fsp3) is 0.100. The van der Waals surface area contributed by atoms with Crippen LogP contribution in [-0.2, 0) is 7.05 Å². The first-order valence-corrected chi connectivity index (χ1v) is 11.2. The van der Waals surface area contributed by atoms with Crippen molar-refractivity contribution in [2.75, 3.05) is 0 Å². The molecule has 32 heavy (non-hydrogen) atoms. The first-order valence-electron chi connectivity index (χ1n) is 11.2. The fourth-order valence-electron chi connectivity index (χ4n) is 5.74. The highest BCUT2D eigenvalue weighted by Gasteiger charge is 2.25. The maximum Gasteiger partial charge on any atom is 0.224 e. The Morgan fingerprint density at radius 1 is 0.719 bits per heavy atom. The lowest BCUT2D eigenvalue weighted by atomic mass is 9.95. The van der Waals surface area contributed by atoms with Gasteiger partial charge in [0.25, 0.3) is 0 Å². The predicted molar refractivity (Wildman–Crippen MR) is 135 cm³/mol. The van der Waals surface area contributed by atoms with Gasteiger partial charge in [-0.25, -0.2) is 4.57 Å². The molecule has 0 fully saturated rings. The lowest BCUT2D eigenvalue weighted by Crippen LogP contribution is -2.29. The highest BCUT2D eigenvalue weighted by Crippen LogP contribution is 2.44. The zero-order valence-corrected chi connectivity index (χ0v) is 18.5. The second-order valence-corrected chi connectivity index (χ2v) is 9.01. The summed E-state index contributed by atoms with van der Waals surface area (Å²) >= 11 is 0. The molecule has 3 aromatic heterocycles. The van der Waals surface area contributed by atoms with E-state index in [0.29, 0.717) is 0 Å². The van der Waals surface area contributed by atoms with Crippen molar-refractivity contribution in [1.29, 1.82) is 0 Å². The summed E-state index contributed by atoms with van der Waals surface area (Å²) in [6, 6.07) is 28.9. The molecular weight excluding hydrogens is 388 g/mol. The number of hydrogen-bond acceptors (Lipinski definition) is 0. The summed E-state index contributed by atoms with van der Waals surface area (Å²) in [6.45, 7) is 4.53. The van der Waals surface area contributed by atoms with Crippen molar-refractivity contribution in [1.82, 2.24) is 4.40 Å². The zero-order valence-electron chi connectivity index (χ0n) is 18.5.